The minimum absolute atomic E-state index is 0.172. The lowest BCUT2D eigenvalue weighted by molar-refractivity contribution is 0.446. The van der Waals surface area contributed by atoms with Gasteiger partial charge >= 0.3 is 0 Å². The van der Waals surface area contributed by atoms with E-state index in [1.165, 1.54) is 57.5 Å². The Morgan fingerprint density at radius 3 is 0.852 bits per heavy atom. The first-order chi connectivity index (χ1) is 26.1. The molecule has 0 saturated heterocycles. The zero-order valence-corrected chi connectivity index (χ0v) is 31.5. The van der Waals surface area contributed by atoms with Crippen LogP contribution in [0.15, 0.2) is 84.9 Å². The Kier molecular flexibility index (Phi) is 7.92. The second-order valence-electron chi connectivity index (χ2n) is 12.2. The van der Waals surface area contributed by atoms with Gasteiger partial charge in [-0.15, -0.1) is 68.0 Å². The number of fused-ring (bicyclic) bond motifs is 6. The van der Waals surface area contributed by atoms with Gasteiger partial charge < -0.3 is 0 Å². The van der Waals surface area contributed by atoms with E-state index < -0.39 is 68.8 Å². The van der Waals surface area contributed by atoms with Crippen LogP contribution in [0, 0.1) is 46.5 Å². The predicted molar refractivity (Wildman–Crippen MR) is 211 cm³/mol. The Hall–Kier alpha value is -4.44. The molecule has 10 rings (SSSR count). The van der Waals surface area contributed by atoms with Crippen LogP contribution in [0.2, 0.25) is 0 Å². The fraction of sp³-hybridized carbons (Fsp3) is 0. The van der Waals surface area contributed by atoms with Gasteiger partial charge in [0, 0.05) is 38.3 Å². The van der Waals surface area contributed by atoms with Gasteiger partial charge in [0.2, 0.25) is 0 Å². The fourth-order valence-corrected chi connectivity index (χ4v) is 14.7. The van der Waals surface area contributed by atoms with Crippen LogP contribution in [0.5, 0.6) is 0 Å². The Morgan fingerprint density at radius 1 is 0.278 bits per heavy atom. The molecule has 0 spiro atoms. The largest absolute Gasteiger partial charge is 0.203 e. The van der Waals surface area contributed by atoms with E-state index in [4.69, 9.17) is 0 Å². The molecule has 0 bridgehead atoms. The van der Waals surface area contributed by atoms with E-state index in [0.717, 1.165) is 62.4 Å². The summed E-state index contributed by atoms with van der Waals surface area (Å²) >= 11 is 7.35. The molecule has 54 heavy (non-hydrogen) atoms. The van der Waals surface area contributed by atoms with E-state index in [9.17, 15) is 0 Å². The number of thiophene rings is 6. The Balaban J connectivity index is 1.06. The lowest BCUT2D eigenvalue weighted by Gasteiger charge is -2.15. The van der Waals surface area contributed by atoms with E-state index in [-0.39, 0.29) is 9.75 Å². The van der Waals surface area contributed by atoms with Crippen LogP contribution >= 0.6 is 68.0 Å². The van der Waals surface area contributed by atoms with E-state index in [2.05, 4.69) is 0 Å². The summed E-state index contributed by atoms with van der Waals surface area (Å²) in [6.45, 7) is 0. The van der Waals surface area contributed by atoms with E-state index in [1.54, 1.807) is 0 Å². The van der Waals surface area contributed by atoms with Crippen molar-refractivity contribution >= 4 is 106 Å². The zero-order valence-electron chi connectivity index (χ0n) is 26.6. The van der Waals surface area contributed by atoms with E-state index in [1.807, 2.05) is 72.8 Å². The first-order valence-electron chi connectivity index (χ1n) is 15.8. The smallest absolute Gasteiger partial charge is 0.171 e. The van der Waals surface area contributed by atoms with Crippen LogP contribution in [-0.4, -0.2) is 0 Å². The van der Waals surface area contributed by atoms with Crippen molar-refractivity contribution in [2.45, 2.75) is 0 Å². The van der Waals surface area contributed by atoms with Crippen LogP contribution in [-0.2, 0) is 0 Å². The maximum absolute atomic E-state index is 15.8. The van der Waals surface area contributed by atoms with Crippen LogP contribution < -0.4 is 0 Å². The molecule has 0 saturated carbocycles. The summed E-state index contributed by atoms with van der Waals surface area (Å²) in [5, 5.41) is 0. The summed E-state index contributed by atoms with van der Waals surface area (Å²) in [4.78, 5) is 1.57. The highest BCUT2D eigenvalue weighted by atomic mass is 32.1. The summed E-state index contributed by atoms with van der Waals surface area (Å²) in [5.41, 5.74) is -4.02. The van der Waals surface area contributed by atoms with Crippen molar-refractivity contribution in [3.8, 4) is 52.9 Å². The maximum Gasteiger partial charge on any atom is 0.171 e. The summed E-state index contributed by atoms with van der Waals surface area (Å²) in [6, 6.07) is 25.8. The molecule has 0 amide bonds. The van der Waals surface area contributed by atoms with Crippen molar-refractivity contribution in [2.75, 3.05) is 0 Å². The van der Waals surface area contributed by atoms with Crippen LogP contribution in [0.1, 0.15) is 0 Å². The Bertz CT molecular complexity index is 2870. The standard InChI is InChI=1S/C40H14F8S6/c41-29-25(19-13-23-39(53-19)37-21(49-23)11-17(51-37)15-7-3-1-4-8-15)30(42)34(46)27(33(29)45)28-35(47)31(43)26(32(44)36(28)48)20-14-24-40(54-20)38-22(50-24)12-18(52-38)16-9-5-2-6-10-16/h1-14H. The lowest BCUT2D eigenvalue weighted by Crippen LogP contribution is -2.09. The average Bonchev–Trinajstić information content (AvgIpc) is 4.02. The van der Waals surface area contributed by atoms with Gasteiger partial charge in [-0.1, -0.05) is 60.7 Å². The summed E-state index contributed by atoms with van der Waals surface area (Å²) in [5.74, 6) is -16.6. The number of rotatable bonds is 5. The van der Waals surface area contributed by atoms with E-state index >= 15 is 35.1 Å². The van der Waals surface area contributed by atoms with Gasteiger partial charge in [0.25, 0.3) is 0 Å². The number of hydrogen-bond donors (Lipinski definition) is 0. The summed E-state index contributed by atoms with van der Waals surface area (Å²) < 4.78 is 132. The molecule has 0 aliphatic carbocycles. The fourth-order valence-electron chi connectivity index (χ4n) is 6.54. The molecule has 0 atom stereocenters. The van der Waals surface area contributed by atoms with Crippen molar-refractivity contribution in [3.63, 3.8) is 0 Å². The number of benzene rings is 4. The molecule has 266 valence electrons. The predicted octanol–water partition coefficient (Wildman–Crippen LogP) is 16.1. The quantitative estimate of drug-likeness (QED) is 0.120. The van der Waals surface area contributed by atoms with Crippen molar-refractivity contribution in [3.05, 3.63) is 131 Å². The molecule has 6 heterocycles. The molecule has 4 aromatic carbocycles. The SMILES string of the molecule is Fc1c(F)c(-c2c(F)c(F)c(-c3cc4sc5cc(-c6ccccc6)sc5c4s3)c(F)c2F)c(F)c(F)c1-c1cc2sc3cc(-c4ccccc4)sc3c2s1. The highest BCUT2D eigenvalue weighted by Gasteiger charge is 2.36. The third-order valence-corrected chi connectivity index (χ3v) is 16.7. The van der Waals surface area contributed by atoms with Crippen LogP contribution in [0.3, 0.4) is 0 Å². The first kappa shape index (κ1) is 34.1. The zero-order chi connectivity index (χ0) is 37.2. The van der Waals surface area contributed by atoms with Crippen molar-refractivity contribution in [2.24, 2.45) is 0 Å². The lowest BCUT2D eigenvalue weighted by atomic mass is 9.96. The average molecular weight is 839 g/mol. The minimum atomic E-state index is -2.19. The molecular formula is C40H14F8S6. The van der Waals surface area contributed by atoms with Crippen molar-refractivity contribution in [1.29, 1.82) is 0 Å². The molecule has 0 aliphatic rings. The van der Waals surface area contributed by atoms with Gasteiger partial charge in [-0.25, -0.2) is 35.1 Å². The molecule has 0 aliphatic heterocycles. The van der Waals surface area contributed by atoms with Gasteiger partial charge in [-0.3, -0.25) is 0 Å². The van der Waals surface area contributed by atoms with Crippen LogP contribution in [0.25, 0.3) is 90.5 Å². The third-order valence-electron chi connectivity index (χ3n) is 9.03. The molecule has 0 nitrogen and oxygen atoms in total. The first-order valence-corrected chi connectivity index (χ1v) is 20.7. The van der Waals surface area contributed by atoms with Crippen molar-refractivity contribution < 1.29 is 35.1 Å². The second-order valence-corrected chi connectivity index (χ2v) is 18.5. The monoisotopic (exact) mass is 838 g/mol. The maximum atomic E-state index is 15.8. The molecular weight excluding hydrogens is 825 g/mol. The highest BCUT2D eigenvalue weighted by Crippen LogP contribution is 2.52. The van der Waals surface area contributed by atoms with Gasteiger partial charge in [0.1, 0.15) is 0 Å². The molecule has 0 unspecified atom stereocenters. The third kappa shape index (κ3) is 5.00. The molecule has 0 fully saturated rings. The normalized spacial score (nSPS) is 12.1. The molecule has 14 heteroatoms. The molecule has 10 aromatic rings. The van der Waals surface area contributed by atoms with Crippen LogP contribution in [0.4, 0.5) is 35.1 Å². The molecule has 6 aromatic heterocycles. The molecule has 0 radical (unpaired) electrons. The summed E-state index contributed by atoms with van der Waals surface area (Å²) in [7, 11) is 0. The molecule has 0 N–H and O–H groups in total. The minimum Gasteiger partial charge on any atom is -0.203 e. The number of hydrogen-bond acceptors (Lipinski definition) is 6. The van der Waals surface area contributed by atoms with Gasteiger partial charge in [0.15, 0.2) is 46.5 Å². The van der Waals surface area contributed by atoms with Gasteiger partial charge in [0.05, 0.1) is 41.1 Å². The summed E-state index contributed by atoms with van der Waals surface area (Å²) in [6.07, 6.45) is 0. The van der Waals surface area contributed by atoms with Gasteiger partial charge in [-0.05, 0) is 35.4 Å². The topological polar surface area (TPSA) is 0 Å². The Morgan fingerprint density at radius 2 is 0.537 bits per heavy atom. The van der Waals surface area contributed by atoms with E-state index in [0.29, 0.717) is 18.8 Å². The van der Waals surface area contributed by atoms with Gasteiger partial charge in [-0.2, -0.15) is 0 Å². The van der Waals surface area contributed by atoms with Crippen molar-refractivity contribution in [1.82, 2.24) is 0 Å². The highest BCUT2D eigenvalue weighted by molar-refractivity contribution is 7.41. The number of halogens is 8. The second kappa shape index (κ2) is 12.5. The Labute approximate surface area is 323 Å².